The number of anilines is 2. The lowest BCUT2D eigenvalue weighted by molar-refractivity contribution is 0.102. The first-order valence-corrected chi connectivity index (χ1v) is 6.03. The molecule has 3 N–H and O–H groups in total. The summed E-state index contributed by atoms with van der Waals surface area (Å²) in [6.45, 7) is 1.60. The molecule has 20 heavy (non-hydrogen) atoms. The van der Waals surface area contributed by atoms with Gasteiger partial charge in [0, 0.05) is 5.69 Å². The first kappa shape index (κ1) is 13.9. The first-order valence-electron chi connectivity index (χ1n) is 6.03. The summed E-state index contributed by atoms with van der Waals surface area (Å²) in [5.41, 5.74) is 6.94. The lowest BCUT2D eigenvalue weighted by atomic mass is 10.1. The van der Waals surface area contributed by atoms with Gasteiger partial charge in [-0.25, -0.2) is 4.39 Å². The molecule has 2 aromatic carbocycles. The largest absolute Gasteiger partial charge is 0.495 e. The topological polar surface area (TPSA) is 64.3 Å². The predicted octanol–water partition coefficient (Wildman–Crippen LogP) is 2.98. The highest BCUT2D eigenvalue weighted by Gasteiger charge is 2.15. The zero-order valence-corrected chi connectivity index (χ0v) is 11.2. The van der Waals surface area contributed by atoms with Gasteiger partial charge in [-0.3, -0.25) is 4.79 Å². The molecule has 1 amide bonds. The van der Waals surface area contributed by atoms with Crippen LogP contribution in [0.25, 0.3) is 0 Å². The fourth-order valence-corrected chi connectivity index (χ4v) is 1.84. The van der Waals surface area contributed by atoms with Gasteiger partial charge in [0.1, 0.15) is 11.6 Å². The molecular formula is C15H15FN2O2. The van der Waals surface area contributed by atoms with Crippen molar-refractivity contribution >= 4 is 17.3 Å². The van der Waals surface area contributed by atoms with Gasteiger partial charge in [0.15, 0.2) is 0 Å². The van der Waals surface area contributed by atoms with Gasteiger partial charge in [-0.1, -0.05) is 12.1 Å². The van der Waals surface area contributed by atoms with Crippen molar-refractivity contribution in [1.29, 1.82) is 0 Å². The molecule has 0 radical (unpaired) electrons. The summed E-state index contributed by atoms with van der Waals surface area (Å²) in [5.74, 6) is -0.622. The summed E-state index contributed by atoms with van der Waals surface area (Å²) in [6, 6.07) is 9.51. The van der Waals surface area contributed by atoms with Crippen LogP contribution in [0.15, 0.2) is 36.4 Å². The number of amides is 1. The zero-order chi connectivity index (χ0) is 14.7. The van der Waals surface area contributed by atoms with Gasteiger partial charge in [-0.15, -0.1) is 0 Å². The summed E-state index contributed by atoms with van der Waals surface area (Å²) >= 11 is 0. The zero-order valence-electron chi connectivity index (χ0n) is 11.2. The maximum atomic E-state index is 13.9. The average molecular weight is 274 g/mol. The van der Waals surface area contributed by atoms with Crippen LogP contribution in [0.5, 0.6) is 5.75 Å². The van der Waals surface area contributed by atoms with Crippen LogP contribution in [0.3, 0.4) is 0 Å². The number of nitrogens with one attached hydrogen (secondary N) is 1. The Morgan fingerprint density at radius 2 is 2.05 bits per heavy atom. The number of aryl methyl sites for hydroxylation is 1. The maximum absolute atomic E-state index is 13.9. The lowest BCUT2D eigenvalue weighted by Gasteiger charge is -2.11. The van der Waals surface area contributed by atoms with Crippen LogP contribution < -0.4 is 15.8 Å². The van der Waals surface area contributed by atoms with E-state index in [4.69, 9.17) is 10.5 Å². The lowest BCUT2D eigenvalue weighted by Crippen LogP contribution is -2.15. The highest BCUT2D eigenvalue weighted by Crippen LogP contribution is 2.27. The molecule has 0 spiro atoms. The van der Waals surface area contributed by atoms with Crippen LogP contribution in [0.2, 0.25) is 0 Å². The monoisotopic (exact) mass is 274 g/mol. The van der Waals surface area contributed by atoms with E-state index in [0.29, 0.717) is 22.7 Å². The summed E-state index contributed by atoms with van der Waals surface area (Å²) in [5, 5.41) is 2.60. The third-order valence-corrected chi connectivity index (χ3v) is 2.91. The quantitative estimate of drug-likeness (QED) is 0.846. The molecule has 5 heteroatoms. The number of benzene rings is 2. The summed E-state index contributed by atoms with van der Waals surface area (Å²) in [6.07, 6.45) is 0. The van der Waals surface area contributed by atoms with Gasteiger partial charge in [0.2, 0.25) is 0 Å². The van der Waals surface area contributed by atoms with Crippen LogP contribution in [-0.4, -0.2) is 13.0 Å². The Labute approximate surface area is 116 Å². The maximum Gasteiger partial charge on any atom is 0.258 e. The minimum atomic E-state index is -0.546. The van der Waals surface area contributed by atoms with Crippen molar-refractivity contribution in [1.82, 2.24) is 0 Å². The third kappa shape index (κ3) is 2.71. The molecule has 0 aromatic heterocycles. The summed E-state index contributed by atoms with van der Waals surface area (Å²) < 4.78 is 19.0. The number of ether oxygens (including phenoxy) is 1. The van der Waals surface area contributed by atoms with Crippen molar-refractivity contribution in [3.8, 4) is 5.75 Å². The van der Waals surface area contributed by atoms with E-state index in [-0.39, 0.29) is 5.56 Å². The molecule has 2 aromatic rings. The number of nitrogen functional groups attached to an aromatic ring is 1. The van der Waals surface area contributed by atoms with Crippen LogP contribution >= 0.6 is 0 Å². The van der Waals surface area contributed by atoms with Crippen LogP contribution in [-0.2, 0) is 0 Å². The van der Waals surface area contributed by atoms with Crippen LogP contribution in [0, 0.1) is 12.7 Å². The number of carbonyl (C=O) groups is 1. The van der Waals surface area contributed by atoms with E-state index >= 15 is 0 Å². The van der Waals surface area contributed by atoms with Gasteiger partial charge in [0.05, 0.1) is 18.4 Å². The number of nitrogens with two attached hydrogens (primary N) is 1. The Kier molecular flexibility index (Phi) is 3.89. The van der Waals surface area contributed by atoms with Crippen molar-refractivity contribution in [3.05, 3.63) is 53.3 Å². The van der Waals surface area contributed by atoms with Crippen molar-refractivity contribution in [2.24, 2.45) is 0 Å². The Morgan fingerprint density at radius 3 is 2.75 bits per heavy atom. The van der Waals surface area contributed by atoms with Crippen LogP contribution in [0.1, 0.15) is 15.9 Å². The highest BCUT2D eigenvalue weighted by atomic mass is 19.1. The third-order valence-electron chi connectivity index (χ3n) is 2.91. The first-order chi connectivity index (χ1) is 9.52. The van der Waals surface area contributed by atoms with Crippen molar-refractivity contribution in [2.45, 2.75) is 6.92 Å². The van der Waals surface area contributed by atoms with E-state index in [2.05, 4.69) is 5.32 Å². The minimum Gasteiger partial charge on any atom is -0.495 e. The fourth-order valence-electron chi connectivity index (χ4n) is 1.84. The number of hydrogen-bond acceptors (Lipinski definition) is 3. The molecule has 0 atom stereocenters. The summed E-state index contributed by atoms with van der Waals surface area (Å²) in [7, 11) is 1.48. The Morgan fingerprint density at radius 1 is 1.30 bits per heavy atom. The molecular weight excluding hydrogens is 259 g/mol. The normalized spacial score (nSPS) is 10.2. The smallest absolute Gasteiger partial charge is 0.258 e. The van der Waals surface area contributed by atoms with Gasteiger partial charge in [-0.05, 0) is 36.8 Å². The molecule has 0 aliphatic heterocycles. The molecule has 0 saturated heterocycles. The second-order valence-corrected chi connectivity index (χ2v) is 4.35. The van der Waals surface area contributed by atoms with E-state index in [9.17, 15) is 9.18 Å². The second-order valence-electron chi connectivity index (χ2n) is 4.35. The number of rotatable bonds is 3. The molecule has 0 aliphatic rings. The number of halogens is 1. The SMILES string of the molecule is COc1ccc(N)cc1NC(=O)c1cccc(C)c1F. The van der Waals surface area contributed by atoms with Crippen molar-refractivity contribution < 1.29 is 13.9 Å². The standard InChI is InChI=1S/C15H15FN2O2/c1-9-4-3-5-11(14(9)16)15(19)18-12-8-10(17)6-7-13(12)20-2/h3-8H,17H2,1-2H3,(H,18,19). The van der Waals surface area contributed by atoms with E-state index in [0.717, 1.165) is 0 Å². The van der Waals surface area contributed by atoms with Gasteiger partial charge in [-0.2, -0.15) is 0 Å². The molecule has 0 fully saturated rings. The molecule has 0 aliphatic carbocycles. The molecule has 0 unspecified atom stereocenters. The Bertz CT molecular complexity index is 656. The molecule has 0 heterocycles. The molecule has 2 rings (SSSR count). The Balaban J connectivity index is 2.32. The molecule has 4 nitrogen and oxygen atoms in total. The number of hydrogen-bond donors (Lipinski definition) is 2. The van der Waals surface area contributed by atoms with Gasteiger partial charge in [0.25, 0.3) is 5.91 Å². The van der Waals surface area contributed by atoms with Gasteiger partial charge >= 0.3 is 0 Å². The predicted molar refractivity (Wildman–Crippen MR) is 76.5 cm³/mol. The average Bonchev–Trinajstić information content (AvgIpc) is 2.42. The van der Waals surface area contributed by atoms with Crippen LogP contribution in [0.4, 0.5) is 15.8 Å². The number of methoxy groups -OCH3 is 1. The second kappa shape index (κ2) is 5.61. The van der Waals surface area contributed by atoms with Crippen molar-refractivity contribution in [2.75, 3.05) is 18.2 Å². The van der Waals surface area contributed by atoms with Crippen molar-refractivity contribution in [3.63, 3.8) is 0 Å². The number of carbonyl (C=O) groups excluding carboxylic acids is 1. The fraction of sp³-hybridized carbons (Fsp3) is 0.133. The molecule has 0 saturated carbocycles. The van der Waals surface area contributed by atoms with E-state index < -0.39 is 11.7 Å². The van der Waals surface area contributed by atoms with E-state index in [1.807, 2.05) is 0 Å². The Hall–Kier alpha value is -2.56. The molecule has 0 bridgehead atoms. The van der Waals surface area contributed by atoms with Gasteiger partial charge < -0.3 is 15.8 Å². The van der Waals surface area contributed by atoms with E-state index in [1.54, 1.807) is 37.3 Å². The minimum absolute atomic E-state index is 0.0190. The highest BCUT2D eigenvalue weighted by molar-refractivity contribution is 6.05. The summed E-state index contributed by atoms with van der Waals surface area (Å²) in [4.78, 5) is 12.1. The molecule has 104 valence electrons. The van der Waals surface area contributed by atoms with E-state index in [1.165, 1.54) is 13.2 Å².